The van der Waals surface area contributed by atoms with Crippen LogP contribution in [-0.2, 0) is 16.1 Å². The summed E-state index contributed by atoms with van der Waals surface area (Å²) in [6, 6.07) is 4.19. The van der Waals surface area contributed by atoms with Gasteiger partial charge in [0.15, 0.2) is 5.84 Å². The quantitative estimate of drug-likeness (QED) is 0.333. The van der Waals surface area contributed by atoms with E-state index in [-0.39, 0.29) is 35.9 Å². The second kappa shape index (κ2) is 6.53. The van der Waals surface area contributed by atoms with E-state index in [1.54, 1.807) is 0 Å². The third-order valence-electron chi connectivity index (χ3n) is 3.48. The van der Waals surface area contributed by atoms with Gasteiger partial charge in [-0.3, -0.25) is 4.79 Å². The molecule has 0 saturated carbocycles. The predicted molar refractivity (Wildman–Crippen MR) is 74.3 cm³/mol. The van der Waals surface area contributed by atoms with Crippen molar-refractivity contribution < 1.29 is 19.1 Å². The Morgan fingerprint density at radius 1 is 1.62 bits per heavy atom. The van der Waals surface area contributed by atoms with E-state index in [0.29, 0.717) is 18.6 Å². The molecule has 0 aliphatic carbocycles. The molecule has 1 aliphatic heterocycles. The number of oxime groups is 1. The smallest absolute Gasteiger partial charge is 0.225 e. The summed E-state index contributed by atoms with van der Waals surface area (Å²) in [5, 5.41) is 14.0. The Hall–Kier alpha value is -2.15. The number of amidine groups is 1. The number of benzene rings is 1. The van der Waals surface area contributed by atoms with Gasteiger partial charge in [0.05, 0.1) is 18.6 Å². The second-order valence-electron chi connectivity index (χ2n) is 5.09. The Morgan fingerprint density at radius 3 is 2.95 bits per heavy atom. The molecule has 1 heterocycles. The van der Waals surface area contributed by atoms with Gasteiger partial charge in [-0.1, -0.05) is 17.3 Å². The van der Waals surface area contributed by atoms with Gasteiger partial charge in [0.25, 0.3) is 0 Å². The van der Waals surface area contributed by atoms with E-state index in [9.17, 15) is 9.18 Å². The van der Waals surface area contributed by atoms with Crippen molar-refractivity contribution in [2.45, 2.75) is 26.0 Å². The van der Waals surface area contributed by atoms with Gasteiger partial charge < -0.3 is 21.0 Å². The maximum absolute atomic E-state index is 13.9. The van der Waals surface area contributed by atoms with Crippen molar-refractivity contribution in [2.75, 3.05) is 6.61 Å². The first-order valence-electron chi connectivity index (χ1n) is 6.67. The van der Waals surface area contributed by atoms with E-state index >= 15 is 0 Å². The maximum atomic E-state index is 13.9. The molecule has 2 unspecified atom stereocenters. The van der Waals surface area contributed by atoms with Gasteiger partial charge >= 0.3 is 0 Å². The average Bonchev–Trinajstić information content (AvgIpc) is 2.91. The van der Waals surface area contributed by atoms with Crippen molar-refractivity contribution >= 4 is 11.7 Å². The van der Waals surface area contributed by atoms with E-state index in [1.807, 2.05) is 6.92 Å². The van der Waals surface area contributed by atoms with Gasteiger partial charge in [0, 0.05) is 17.7 Å². The zero-order chi connectivity index (χ0) is 15.4. The molecule has 1 saturated heterocycles. The molecule has 0 aromatic heterocycles. The summed E-state index contributed by atoms with van der Waals surface area (Å²) in [7, 11) is 0. The largest absolute Gasteiger partial charge is 0.409 e. The standard InChI is InChI=1S/C14H18FN3O3/c1-8-4-11(7-21-8)14(19)17-6-10-3-2-9(5-12(10)15)13(16)18-20/h2-3,5,8,11,20H,4,6-7H2,1H3,(H2,16,18)(H,17,19). The highest BCUT2D eigenvalue weighted by molar-refractivity contribution is 5.97. The Balaban J connectivity index is 1.96. The molecular weight excluding hydrogens is 277 g/mol. The van der Waals surface area contributed by atoms with Crippen LogP contribution < -0.4 is 11.1 Å². The number of hydrogen-bond acceptors (Lipinski definition) is 4. The van der Waals surface area contributed by atoms with Crippen LogP contribution in [0.2, 0.25) is 0 Å². The summed E-state index contributed by atoms with van der Waals surface area (Å²) in [5.41, 5.74) is 6.00. The fraction of sp³-hybridized carbons (Fsp3) is 0.429. The van der Waals surface area contributed by atoms with E-state index in [4.69, 9.17) is 15.7 Å². The summed E-state index contributed by atoms with van der Waals surface area (Å²) >= 11 is 0. The van der Waals surface area contributed by atoms with Crippen LogP contribution in [0.25, 0.3) is 0 Å². The summed E-state index contributed by atoms with van der Waals surface area (Å²) in [6.07, 6.45) is 0.758. The minimum atomic E-state index is -0.518. The lowest BCUT2D eigenvalue weighted by atomic mass is 10.1. The van der Waals surface area contributed by atoms with E-state index in [0.717, 1.165) is 6.07 Å². The van der Waals surface area contributed by atoms with Crippen LogP contribution in [0.5, 0.6) is 0 Å². The Morgan fingerprint density at radius 2 is 2.38 bits per heavy atom. The van der Waals surface area contributed by atoms with Gasteiger partial charge in [-0.05, 0) is 19.4 Å². The van der Waals surface area contributed by atoms with Crippen LogP contribution in [0.15, 0.2) is 23.4 Å². The summed E-state index contributed by atoms with van der Waals surface area (Å²) in [6.45, 7) is 2.41. The summed E-state index contributed by atoms with van der Waals surface area (Å²) in [5.74, 6) is -1.00. The number of nitrogens with one attached hydrogen (secondary N) is 1. The Bertz CT molecular complexity index is 562. The average molecular weight is 295 g/mol. The van der Waals surface area contributed by atoms with Crippen LogP contribution in [0.1, 0.15) is 24.5 Å². The van der Waals surface area contributed by atoms with Crippen molar-refractivity contribution in [3.63, 3.8) is 0 Å². The molecular formula is C14H18FN3O3. The van der Waals surface area contributed by atoms with Crippen LogP contribution in [0, 0.1) is 11.7 Å². The highest BCUT2D eigenvalue weighted by Gasteiger charge is 2.28. The first-order valence-corrected chi connectivity index (χ1v) is 6.67. The van der Waals surface area contributed by atoms with Gasteiger partial charge in [-0.2, -0.15) is 0 Å². The predicted octanol–water partition coefficient (Wildman–Crippen LogP) is 0.961. The highest BCUT2D eigenvalue weighted by Crippen LogP contribution is 2.19. The molecule has 1 fully saturated rings. The number of carbonyl (C=O) groups is 1. The van der Waals surface area contributed by atoms with E-state index < -0.39 is 5.82 Å². The molecule has 1 amide bonds. The van der Waals surface area contributed by atoms with Gasteiger partial charge in [-0.15, -0.1) is 0 Å². The number of nitrogens with two attached hydrogens (primary N) is 1. The third kappa shape index (κ3) is 3.69. The van der Waals surface area contributed by atoms with E-state index in [2.05, 4.69) is 10.5 Å². The minimum Gasteiger partial charge on any atom is -0.409 e. The lowest BCUT2D eigenvalue weighted by Crippen LogP contribution is -2.31. The third-order valence-corrected chi connectivity index (χ3v) is 3.48. The molecule has 2 atom stereocenters. The van der Waals surface area contributed by atoms with Crippen molar-refractivity contribution in [1.82, 2.24) is 5.32 Å². The van der Waals surface area contributed by atoms with Crippen molar-refractivity contribution in [2.24, 2.45) is 16.8 Å². The zero-order valence-corrected chi connectivity index (χ0v) is 11.7. The lowest BCUT2D eigenvalue weighted by molar-refractivity contribution is -0.125. The van der Waals surface area contributed by atoms with E-state index in [1.165, 1.54) is 12.1 Å². The number of rotatable bonds is 4. The highest BCUT2D eigenvalue weighted by atomic mass is 19.1. The number of nitrogens with zero attached hydrogens (tertiary/aromatic N) is 1. The van der Waals surface area contributed by atoms with Crippen molar-refractivity contribution in [1.29, 1.82) is 0 Å². The number of hydrogen-bond donors (Lipinski definition) is 3. The Kier molecular flexibility index (Phi) is 4.74. The second-order valence-corrected chi connectivity index (χ2v) is 5.09. The van der Waals surface area contributed by atoms with Crippen LogP contribution in [-0.4, -0.2) is 29.7 Å². The van der Waals surface area contributed by atoms with Crippen LogP contribution in [0.4, 0.5) is 4.39 Å². The molecule has 0 bridgehead atoms. The topological polar surface area (TPSA) is 96.9 Å². The SMILES string of the molecule is CC1CC(C(=O)NCc2ccc(/C(N)=N/O)cc2F)CO1. The number of amides is 1. The van der Waals surface area contributed by atoms with Crippen LogP contribution >= 0.6 is 0 Å². The van der Waals surface area contributed by atoms with Crippen LogP contribution in [0.3, 0.4) is 0 Å². The first-order chi connectivity index (χ1) is 10.0. The molecule has 1 aliphatic rings. The lowest BCUT2D eigenvalue weighted by Gasteiger charge is -2.10. The molecule has 2 rings (SSSR count). The molecule has 114 valence electrons. The summed E-state index contributed by atoms with van der Waals surface area (Å²) in [4.78, 5) is 11.9. The number of ether oxygens (including phenoxy) is 1. The van der Waals surface area contributed by atoms with Gasteiger partial charge in [0.1, 0.15) is 5.82 Å². The fourth-order valence-electron chi connectivity index (χ4n) is 2.23. The molecule has 1 aromatic carbocycles. The molecule has 1 aromatic rings. The fourth-order valence-corrected chi connectivity index (χ4v) is 2.23. The van der Waals surface area contributed by atoms with Gasteiger partial charge in [0.2, 0.25) is 5.91 Å². The molecule has 6 nitrogen and oxygen atoms in total. The molecule has 0 radical (unpaired) electrons. The Labute approximate surface area is 121 Å². The molecule has 21 heavy (non-hydrogen) atoms. The summed E-state index contributed by atoms with van der Waals surface area (Å²) < 4.78 is 19.2. The normalized spacial score (nSPS) is 22.3. The number of carbonyl (C=O) groups excluding carboxylic acids is 1. The molecule has 0 spiro atoms. The molecule has 7 heteroatoms. The monoisotopic (exact) mass is 295 g/mol. The maximum Gasteiger partial charge on any atom is 0.225 e. The van der Waals surface area contributed by atoms with Gasteiger partial charge in [-0.25, -0.2) is 4.39 Å². The van der Waals surface area contributed by atoms with Crippen molar-refractivity contribution in [3.05, 3.63) is 35.1 Å². The minimum absolute atomic E-state index is 0.0810. The molecule has 4 N–H and O–H groups in total. The number of halogens is 1. The zero-order valence-electron chi connectivity index (χ0n) is 11.7. The first kappa shape index (κ1) is 15.2. The van der Waals surface area contributed by atoms with Crippen molar-refractivity contribution in [3.8, 4) is 0 Å².